The van der Waals surface area contributed by atoms with Gasteiger partial charge in [0.15, 0.2) is 0 Å². The van der Waals surface area contributed by atoms with Gasteiger partial charge in [-0.05, 0) is 88.7 Å². The summed E-state index contributed by atoms with van der Waals surface area (Å²) in [5, 5.41) is 12.7. The van der Waals surface area contributed by atoms with Crippen molar-refractivity contribution in [3.8, 4) is 11.8 Å². The van der Waals surface area contributed by atoms with E-state index in [9.17, 15) is 10.1 Å². The van der Waals surface area contributed by atoms with Gasteiger partial charge in [0.1, 0.15) is 24.0 Å². The average Bonchev–Trinajstić information content (AvgIpc) is 2.75. The highest BCUT2D eigenvalue weighted by Crippen LogP contribution is 2.24. The van der Waals surface area contributed by atoms with Crippen LogP contribution in [0.1, 0.15) is 16.7 Å². The van der Waals surface area contributed by atoms with Crippen molar-refractivity contribution in [2.75, 3.05) is 5.32 Å². The number of nitrogens with one attached hydrogen (secondary N) is 1. The first kappa shape index (κ1) is 21.9. The van der Waals surface area contributed by atoms with Crippen LogP contribution in [-0.4, -0.2) is 5.91 Å². The second-order valence-electron chi connectivity index (χ2n) is 6.52. The molecule has 3 aromatic rings. The highest BCUT2D eigenvalue weighted by Gasteiger charge is 2.12. The minimum Gasteiger partial charge on any atom is -0.489 e. The minimum atomic E-state index is -0.484. The van der Waals surface area contributed by atoms with Gasteiger partial charge in [-0.25, -0.2) is 0 Å². The van der Waals surface area contributed by atoms with Crippen molar-refractivity contribution in [3.63, 3.8) is 0 Å². The molecule has 0 atom stereocenters. The lowest BCUT2D eigenvalue weighted by Gasteiger charge is -2.09. The third kappa shape index (κ3) is 5.85. The summed E-state index contributed by atoms with van der Waals surface area (Å²) in [6.45, 7) is 2.28. The number of benzene rings is 3. The topological polar surface area (TPSA) is 62.1 Å². The number of carbonyl (C=O) groups excluding carboxylic acids is 1. The zero-order valence-electron chi connectivity index (χ0n) is 16.2. The molecular weight excluding hydrogens is 511 g/mol. The van der Waals surface area contributed by atoms with E-state index < -0.39 is 5.91 Å². The first-order valence-corrected chi connectivity index (χ1v) is 10.6. The van der Waals surface area contributed by atoms with Crippen molar-refractivity contribution in [1.82, 2.24) is 0 Å². The van der Waals surface area contributed by atoms with Gasteiger partial charge in [0.2, 0.25) is 0 Å². The molecule has 0 bridgehead atoms. The molecule has 0 aliphatic carbocycles. The van der Waals surface area contributed by atoms with Crippen molar-refractivity contribution in [2.24, 2.45) is 0 Å². The second-order valence-corrected chi connectivity index (χ2v) is 8.17. The molecule has 0 radical (unpaired) electrons. The fourth-order valence-corrected chi connectivity index (χ4v) is 3.19. The number of hydrogen-bond acceptors (Lipinski definition) is 3. The Morgan fingerprint density at radius 3 is 2.50 bits per heavy atom. The van der Waals surface area contributed by atoms with Crippen molar-refractivity contribution in [3.05, 3.63) is 97.6 Å². The molecule has 30 heavy (non-hydrogen) atoms. The predicted molar refractivity (Wildman–Crippen MR) is 128 cm³/mol. The number of rotatable bonds is 6. The number of hydrogen-bond donors (Lipinski definition) is 1. The van der Waals surface area contributed by atoms with Gasteiger partial charge in [-0.2, -0.15) is 5.26 Å². The Hall–Kier alpha value is -2.82. The lowest BCUT2D eigenvalue weighted by molar-refractivity contribution is -0.112. The summed E-state index contributed by atoms with van der Waals surface area (Å²) in [5.41, 5.74) is 3.14. The Labute approximate surface area is 194 Å². The van der Waals surface area contributed by atoms with Crippen molar-refractivity contribution in [2.45, 2.75) is 13.5 Å². The van der Waals surface area contributed by atoms with Crippen molar-refractivity contribution < 1.29 is 9.53 Å². The van der Waals surface area contributed by atoms with Crippen LogP contribution in [0.3, 0.4) is 0 Å². The minimum absolute atomic E-state index is 0.00179. The van der Waals surface area contributed by atoms with Gasteiger partial charge in [0.05, 0.1) is 0 Å². The number of anilines is 1. The SMILES string of the molecule is Cc1c(Cl)cccc1NC(=O)/C(C#N)=C\c1ccc(OCc2ccc(I)cc2)cc1. The molecule has 0 aliphatic heterocycles. The standard InChI is InChI=1S/C24H18ClIN2O2/c1-16-22(25)3-2-4-23(16)28-24(29)19(14-27)13-17-7-11-21(12-8-17)30-15-18-5-9-20(26)10-6-18/h2-13H,15H2,1H3,(H,28,29)/b19-13-. The molecule has 0 saturated carbocycles. The van der Waals surface area contributed by atoms with Gasteiger partial charge < -0.3 is 10.1 Å². The van der Waals surface area contributed by atoms with Crippen LogP contribution in [-0.2, 0) is 11.4 Å². The van der Waals surface area contributed by atoms with Crippen LogP contribution in [0.15, 0.2) is 72.3 Å². The largest absolute Gasteiger partial charge is 0.489 e. The van der Waals surface area contributed by atoms with E-state index >= 15 is 0 Å². The molecule has 0 fully saturated rings. The third-order valence-electron chi connectivity index (χ3n) is 4.39. The molecule has 6 heteroatoms. The molecule has 4 nitrogen and oxygen atoms in total. The number of halogens is 2. The molecule has 0 saturated heterocycles. The normalized spacial score (nSPS) is 10.9. The van der Waals surface area contributed by atoms with Crippen LogP contribution in [0.25, 0.3) is 6.08 Å². The molecule has 150 valence electrons. The molecule has 1 N–H and O–H groups in total. The molecule has 0 aliphatic rings. The van der Waals surface area contributed by atoms with E-state index in [4.69, 9.17) is 16.3 Å². The predicted octanol–water partition coefficient (Wildman–Crippen LogP) is 6.38. The monoisotopic (exact) mass is 528 g/mol. The molecule has 0 heterocycles. The van der Waals surface area contributed by atoms with Gasteiger partial charge in [-0.1, -0.05) is 41.9 Å². The first-order valence-electron chi connectivity index (χ1n) is 9.12. The Morgan fingerprint density at radius 2 is 1.83 bits per heavy atom. The summed E-state index contributed by atoms with van der Waals surface area (Å²) in [7, 11) is 0. The summed E-state index contributed by atoms with van der Waals surface area (Å²) in [5.74, 6) is 0.227. The molecule has 3 aromatic carbocycles. The van der Waals surface area contributed by atoms with E-state index in [1.807, 2.05) is 49.4 Å². The summed E-state index contributed by atoms with van der Waals surface area (Å²) in [4.78, 5) is 12.5. The molecule has 0 aromatic heterocycles. The van der Waals surface area contributed by atoms with E-state index in [1.54, 1.807) is 30.3 Å². The molecule has 0 spiro atoms. The zero-order valence-corrected chi connectivity index (χ0v) is 19.1. The number of nitriles is 1. The lowest BCUT2D eigenvalue weighted by Crippen LogP contribution is -2.14. The molecular formula is C24H18ClIN2O2. The van der Waals surface area contributed by atoms with E-state index in [1.165, 1.54) is 9.65 Å². The lowest BCUT2D eigenvalue weighted by atomic mass is 10.1. The van der Waals surface area contributed by atoms with Crippen molar-refractivity contribution in [1.29, 1.82) is 5.26 Å². The van der Waals surface area contributed by atoms with Gasteiger partial charge in [0, 0.05) is 14.3 Å². The third-order valence-corrected chi connectivity index (χ3v) is 5.52. The maximum absolute atomic E-state index is 12.5. The smallest absolute Gasteiger partial charge is 0.266 e. The number of carbonyl (C=O) groups is 1. The van der Waals surface area contributed by atoms with E-state index in [-0.39, 0.29) is 5.57 Å². The van der Waals surface area contributed by atoms with Gasteiger partial charge in [-0.3, -0.25) is 4.79 Å². The maximum atomic E-state index is 12.5. The van der Waals surface area contributed by atoms with E-state index in [2.05, 4.69) is 27.9 Å². The van der Waals surface area contributed by atoms with Crippen molar-refractivity contribution >= 4 is 51.9 Å². The number of ether oxygens (including phenoxy) is 1. The fraction of sp³-hybridized carbons (Fsp3) is 0.0833. The Kier molecular flexibility index (Phi) is 7.50. The van der Waals surface area contributed by atoms with Gasteiger partial charge >= 0.3 is 0 Å². The average molecular weight is 529 g/mol. The second kappa shape index (κ2) is 10.3. The summed E-state index contributed by atoms with van der Waals surface area (Å²) < 4.78 is 6.97. The Morgan fingerprint density at radius 1 is 1.13 bits per heavy atom. The van der Waals surface area contributed by atoms with Crippen LogP contribution in [0.2, 0.25) is 5.02 Å². The highest BCUT2D eigenvalue weighted by atomic mass is 127. The van der Waals surface area contributed by atoms with Crippen LogP contribution in [0, 0.1) is 21.8 Å². The highest BCUT2D eigenvalue weighted by molar-refractivity contribution is 14.1. The van der Waals surface area contributed by atoms with Gasteiger partial charge in [-0.15, -0.1) is 0 Å². The van der Waals surface area contributed by atoms with Crippen LogP contribution < -0.4 is 10.1 Å². The molecule has 0 unspecified atom stereocenters. The number of nitrogens with zero attached hydrogens (tertiary/aromatic N) is 1. The zero-order chi connectivity index (χ0) is 21.5. The van der Waals surface area contributed by atoms with Gasteiger partial charge in [0.25, 0.3) is 5.91 Å². The van der Waals surface area contributed by atoms with E-state index in [0.29, 0.717) is 23.1 Å². The molecule has 3 rings (SSSR count). The quantitative estimate of drug-likeness (QED) is 0.229. The fourth-order valence-electron chi connectivity index (χ4n) is 2.66. The van der Waals surface area contributed by atoms with Crippen LogP contribution >= 0.6 is 34.2 Å². The first-order chi connectivity index (χ1) is 14.5. The summed E-state index contributed by atoms with van der Waals surface area (Å²) >= 11 is 8.35. The summed E-state index contributed by atoms with van der Waals surface area (Å²) in [6.07, 6.45) is 1.54. The van der Waals surface area contributed by atoms with Crippen LogP contribution in [0.5, 0.6) is 5.75 Å². The number of amides is 1. The van der Waals surface area contributed by atoms with E-state index in [0.717, 1.165) is 16.7 Å². The Balaban J connectivity index is 1.66. The molecule has 1 amide bonds. The summed E-state index contributed by atoms with van der Waals surface area (Å²) in [6, 6.07) is 22.5. The maximum Gasteiger partial charge on any atom is 0.266 e. The van der Waals surface area contributed by atoms with Crippen LogP contribution in [0.4, 0.5) is 5.69 Å². The Bertz CT molecular complexity index is 1120.